The Balaban J connectivity index is 1.68. The highest BCUT2D eigenvalue weighted by molar-refractivity contribution is 5.48. The first-order valence-electron chi connectivity index (χ1n) is 5.67. The molecular formula is C13H12N4O. The van der Waals surface area contributed by atoms with E-state index in [4.69, 9.17) is 4.52 Å². The zero-order valence-electron chi connectivity index (χ0n) is 9.63. The highest BCUT2D eigenvalue weighted by Gasteiger charge is 2.08. The summed E-state index contributed by atoms with van der Waals surface area (Å²) in [6, 6.07) is 13.7. The Kier molecular flexibility index (Phi) is 2.79. The molecule has 3 rings (SSSR count). The van der Waals surface area contributed by atoms with Gasteiger partial charge in [-0.15, -0.1) is 0 Å². The van der Waals surface area contributed by atoms with Crippen molar-refractivity contribution in [1.29, 1.82) is 0 Å². The smallest absolute Gasteiger partial charge is 0.246 e. The van der Waals surface area contributed by atoms with Crippen LogP contribution in [-0.4, -0.2) is 15.1 Å². The molecular weight excluding hydrogens is 228 g/mol. The van der Waals surface area contributed by atoms with Gasteiger partial charge in [0.05, 0.1) is 12.2 Å². The predicted molar refractivity (Wildman–Crippen MR) is 67.9 cm³/mol. The van der Waals surface area contributed by atoms with Gasteiger partial charge in [-0.25, -0.2) is 0 Å². The van der Waals surface area contributed by atoms with E-state index in [0.717, 1.165) is 11.4 Å². The fourth-order valence-corrected chi connectivity index (χ4v) is 1.64. The Bertz CT molecular complexity index is 601. The molecule has 0 saturated heterocycles. The van der Waals surface area contributed by atoms with Crippen LogP contribution in [0.4, 0.5) is 5.69 Å². The standard InChI is InChI=1S/C13H12N4O/c1-2-5-10(6-3-1)15-9-12-16-13(17-18-12)11-7-4-8-14-11/h1-8,14-15H,9H2. The number of hydrogen-bond donors (Lipinski definition) is 2. The molecule has 0 aliphatic heterocycles. The second-order valence-corrected chi connectivity index (χ2v) is 3.82. The Morgan fingerprint density at radius 1 is 1.11 bits per heavy atom. The summed E-state index contributed by atoms with van der Waals surface area (Å²) in [4.78, 5) is 7.33. The lowest BCUT2D eigenvalue weighted by molar-refractivity contribution is 0.384. The molecule has 90 valence electrons. The van der Waals surface area contributed by atoms with E-state index in [-0.39, 0.29) is 0 Å². The Morgan fingerprint density at radius 3 is 2.78 bits per heavy atom. The maximum absolute atomic E-state index is 5.17. The molecule has 0 atom stereocenters. The summed E-state index contributed by atoms with van der Waals surface area (Å²) in [5.74, 6) is 1.13. The van der Waals surface area contributed by atoms with Crippen LogP contribution in [0.1, 0.15) is 5.89 Å². The van der Waals surface area contributed by atoms with Crippen LogP contribution in [0.2, 0.25) is 0 Å². The van der Waals surface area contributed by atoms with Gasteiger partial charge in [-0.1, -0.05) is 23.4 Å². The monoisotopic (exact) mass is 240 g/mol. The fourth-order valence-electron chi connectivity index (χ4n) is 1.64. The van der Waals surface area contributed by atoms with Gasteiger partial charge in [0, 0.05) is 11.9 Å². The predicted octanol–water partition coefficient (Wildman–Crippen LogP) is 2.68. The van der Waals surface area contributed by atoms with E-state index in [1.54, 1.807) is 0 Å². The first-order chi connectivity index (χ1) is 8.92. The van der Waals surface area contributed by atoms with Gasteiger partial charge in [-0.2, -0.15) is 4.98 Å². The Hall–Kier alpha value is -2.56. The third-order valence-electron chi connectivity index (χ3n) is 2.52. The number of H-pyrrole nitrogens is 1. The average Bonchev–Trinajstić information content (AvgIpc) is 3.08. The second-order valence-electron chi connectivity index (χ2n) is 3.82. The molecule has 0 unspecified atom stereocenters. The number of nitrogens with one attached hydrogen (secondary N) is 2. The molecule has 2 aromatic heterocycles. The highest BCUT2D eigenvalue weighted by atomic mass is 16.5. The van der Waals surface area contributed by atoms with Crippen molar-refractivity contribution < 1.29 is 4.52 Å². The van der Waals surface area contributed by atoms with E-state index in [2.05, 4.69) is 20.4 Å². The van der Waals surface area contributed by atoms with E-state index >= 15 is 0 Å². The van der Waals surface area contributed by atoms with Gasteiger partial charge >= 0.3 is 0 Å². The maximum Gasteiger partial charge on any atom is 0.246 e. The molecule has 1 aromatic carbocycles. The Labute approximate surface area is 104 Å². The minimum Gasteiger partial charge on any atom is -0.376 e. The van der Waals surface area contributed by atoms with Crippen molar-refractivity contribution in [1.82, 2.24) is 15.1 Å². The lowest BCUT2D eigenvalue weighted by Gasteiger charge is -2.01. The maximum atomic E-state index is 5.17. The van der Waals surface area contributed by atoms with Crippen molar-refractivity contribution in [2.24, 2.45) is 0 Å². The van der Waals surface area contributed by atoms with Crippen LogP contribution in [0.3, 0.4) is 0 Å². The molecule has 5 heteroatoms. The molecule has 0 spiro atoms. The minimum atomic E-state index is 0.512. The van der Waals surface area contributed by atoms with Crippen LogP contribution in [0.15, 0.2) is 53.2 Å². The number of aromatic amines is 1. The van der Waals surface area contributed by atoms with Crippen molar-refractivity contribution in [3.63, 3.8) is 0 Å². The van der Waals surface area contributed by atoms with Gasteiger partial charge in [0.1, 0.15) is 0 Å². The van der Waals surface area contributed by atoms with E-state index in [0.29, 0.717) is 18.3 Å². The quantitative estimate of drug-likeness (QED) is 0.735. The lowest BCUT2D eigenvalue weighted by Crippen LogP contribution is -1.99. The fraction of sp³-hybridized carbons (Fsp3) is 0.0769. The van der Waals surface area contributed by atoms with E-state index in [1.807, 2.05) is 48.7 Å². The van der Waals surface area contributed by atoms with E-state index < -0.39 is 0 Å². The average molecular weight is 240 g/mol. The summed E-state index contributed by atoms with van der Waals surface area (Å²) in [7, 11) is 0. The van der Waals surface area contributed by atoms with E-state index in [9.17, 15) is 0 Å². The van der Waals surface area contributed by atoms with Gasteiger partial charge in [0.15, 0.2) is 0 Å². The largest absolute Gasteiger partial charge is 0.376 e. The Morgan fingerprint density at radius 2 is 2.00 bits per heavy atom. The zero-order chi connectivity index (χ0) is 12.2. The van der Waals surface area contributed by atoms with Crippen LogP contribution < -0.4 is 5.32 Å². The van der Waals surface area contributed by atoms with Gasteiger partial charge < -0.3 is 14.8 Å². The molecule has 0 aliphatic rings. The van der Waals surface area contributed by atoms with Gasteiger partial charge in [0.2, 0.25) is 11.7 Å². The van der Waals surface area contributed by atoms with E-state index in [1.165, 1.54) is 0 Å². The number of nitrogens with zero attached hydrogens (tertiary/aromatic N) is 2. The summed E-state index contributed by atoms with van der Waals surface area (Å²) in [6.45, 7) is 0.512. The van der Waals surface area contributed by atoms with Gasteiger partial charge in [-0.3, -0.25) is 0 Å². The highest BCUT2D eigenvalue weighted by Crippen LogP contribution is 2.13. The molecule has 3 aromatic rings. The molecule has 0 bridgehead atoms. The topological polar surface area (TPSA) is 66.7 Å². The zero-order valence-corrected chi connectivity index (χ0v) is 9.63. The normalized spacial score (nSPS) is 10.4. The van der Waals surface area contributed by atoms with Gasteiger partial charge in [0.25, 0.3) is 0 Å². The number of anilines is 1. The number of rotatable bonds is 4. The second kappa shape index (κ2) is 4.75. The van der Waals surface area contributed by atoms with Crippen LogP contribution in [0.5, 0.6) is 0 Å². The van der Waals surface area contributed by atoms with Crippen molar-refractivity contribution in [2.45, 2.75) is 6.54 Å². The van der Waals surface area contributed by atoms with Crippen molar-refractivity contribution >= 4 is 5.69 Å². The van der Waals surface area contributed by atoms with Crippen LogP contribution in [-0.2, 0) is 6.54 Å². The third-order valence-corrected chi connectivity index (χ3v) is 2.52. The molecule has 0 radical (unpaired) electrons. The summed E-state index contributed by atoms with van der Waals surface area (Å²) in [5.41, 5.74) is 1.88. The molecule has 2 heterocycles. The minimum absolute atomic E-state index is 0.512. The summed E-state index contributed by atoms with van der Waals surface area (Å²) < 4.78 is 5.17. The SMILES string of the molecule is c1ccc(NCc2nc(-c3ccc[nH]3)no2)cc1. The summed E-state index contributed by atoms with van der Waals surface area (Å²) in [6.07, 6.45) is 1.83. The number of para-hydroxylation sites is 1. The molecule has 0 fully saturated rings. The third kappa shape index (κ3) is 2.24. The molecule has 2 N–H and O–H groups in total. The number of hydrogen-bond acceptors (Lipinski definition) is 4. The van der Waals surface area contributed by atoms with Gasteiger partial charge in [-0.05, 0) is 24.3 Å². The van der Waals surface area contributed by atoms with Crippen molar-refractivity contribution in [2.75, 3.05) is 5.32 Å². The summed E-state index contributed by atoms with van der Waals surface area (Å²) >= 11 is 0. The molecule has 18 heavy (non-hydrogen) atoms. The molecule has 0 aliphatic carbocycles. The van der Waals surface area contributed by atoms with Crippen LogP contribution in [0.25, 0.3) is 11.5 Å². The number of aromatic nitrogens is 3. The van der Waals surface area contributed by atoms with Crippen LogP contribution >= 0.6 is 0 Å². The van der Waals surface area contributed by atoms with Crippen LogP contribution in [0, 0.1) is 0 Å². The van der Waals surface area contributed by atoms with Crippen molar-refractivity contribution in [3.05, 3.63) is 54.6 Å². The van der Waals surface area contributed by atoms with Crippen molar-refractivity contribution in [3.8, 4) is 11.5 Å². The first-order valence-corrected chi connectivity index (χ1v) is 5.67. The number of benzene rings is 1. The molecule has 5 nitrogen and oxygen atoms in total. The first kappa shape index (κ1) is 10.6. The summed E-state index contributed by atoms with van der Waals surface area (Å²) in [5, 5.41) is 7.13. The molecule has 0 amide bonds. The molecule has 0 saturated carbocycles. The lowest BCUT2D eigenvalue weighted by atomic mass is 10.3.